The van der Waals surface area contributed by atoms with Crippen molar-refractivity contribution < 1.29 is 4.79 Å². The van der Waals surface area contributed by atoms with Crippen LogP contribution in [-0.4, -0.2) is 6.08 Å². The van der Waals surface area contributed by atoms with Gasteiger partial charge in [-0.15, -0.1) is 0 Å². The molecule has 86 valence electrons. The smallest absolute Gasteiger partial charge is 0.211 e. The van der Waals surface area contributed by atoms with Crippen molar-refractivity contribution in [2.24, 2.45) is 4.99 Å². The highest BCUT2D eigenvalue weighted by Gasteiger charge is 2.27. The summed E-state index contributed by atoms with van der Waals surface area (Å²) in [6.07, 6.45) is 1.48. The van der Waals surface area contributed by atoms with E-state index in [1.807, 2.05) is 13.8 Å². The van der Waals surface area contributed by atoms with Gasteiger partial charge in [-0.3, -0.25) is 0 Å². The molecule has 0 spiro atoms. The van der Waals surface area contributed by atoms with Crippen molar-refractivity contribution in [1.29, 1.82) is 0 Å². The minimum atomic E-state index is -1.47. The molecule has 0 unspecified atom stereocenters. The van der Waals surface area contributed by atoms with Gasteiger partial charge in [-0.1, -0.05) is 54.7 Å². The van der Waals surface area contributed by atoms with Crippen molar-refractivity contribution in [2.75, 3.05) is 0 Å². The maximum atomic E-state index is 10.2. The molecule has 0 bridgehead atoms. The number of hydrogen-bond acceptors (Lipinski definition) is 2. The van der Waals surface area contributed by atoms with E-state index in [0.29, 0.717) is 11.3 Å². The van der Waals surface area contributed by atoms with Crippen molar-refractivity contribution in [3.8, 4) is 0 Å². The van der Waals surface area contributed by atoms with Gasteiger partial charge < -0.3 is 0 Å². The number of aliphatic imine (C=N–C) groups is 1. The predicted molar refractivity (Wildman–Crippen MR) is 67.5 cm³/mol. The highest BCUT2D eigenvalue weighted by atomic mass is 35.6. The number of carbonyl (C=O) groups excluding carboxylic acids is 1. The Balaban J connectivity index is 3.36. The molecule has 0 radical (unpaired) electrons. The number of benzene rings is 1. The summed E-state index contributed by atoms with van der Waals surface area (Å²) in [7, 11) is 0. The Labute approximate surface area is 109 Å². The van der Waals surface area contributed by atoms with Gasteiger partial charge in [-0.25, -0.2) is 4.79 Å². The maximum Gasteiger partial charge on any atom is 0.240 e. The molecule has 0 aliphatic carbocycles. The van der Waals surface area contributed by atoms with Crippen molar-refractivity contribution in [3.63, 3.8) is 0 Å². The van der Waals surface area contributed by atoms with Crippen LogP contribution in [0.4, 0.5) is 5.69 Å². The van der Waals surface area contributed by atoms with Gasteiger partial charge >= 0.3 is 0 Å². The Bertz CT molecular complexity index is 431. The van der Waals surface area contributed by atoms with E-state index in [9.17, 15) is 4.79 Å². The molecule has 0 aliphatic heterocycles. The second-order valence-electron chi connectivity index (χ2n) is 3.63. The summed E-state index contributed by atoms with van der Waals surface area (Å²) in [5.41, 5.74) is 1.98. The first-order chi connectivity index (χ1) is 7.36. The van der Waals surface area contributed by atoms with E-state index in [1.54, 1.807) is 18.2 Å². The molecular weight excluding hydrogens is 268 g/mol. The van der Waals surface area contributed by atoms with E-state index in [-0.39, 0.29) is 5.92 Å². The molecule has 5 heteroatoms. The summed E-state index contributed by atoms with van der Waals surface area (Å²) in [6.45, 7) is 3.95. The van der Waals surface area contributed by atoms with Crippen LogP contribution in [0.1, 0.15) is 30.9 Å². The van der Waals surface area contributed by atoms with Crippen LogP contribution in [0.25, 0.3) is 0 Å². The second kappa shape index (κ2) is 5.20. The first kappa shape index (κ1) is 13.5. The van der Waals surface area contributed by atoms with Gasteiger partial charge in [0.1, 0.15) is 0 Å². The third kappa shape index (κ3) is 3.23. The largest absolute Gasteiger partial charge is 0.240 e. The fourth-order valence-electron chi connectivity index (χ4n) is 1.41. The minimum absolute atomic E-state index is 0.174. The molecule has 0 heterocycles. The molecule has 0 N–H and O–H groups in total. The van der Waals surface area contributed by atoms with E-state index in [2.05, 4.69) is 4.99 Å². The van der Waals surface area contributed by atoms with Crippen molar-refractivity contribution >= 4 is 46.6 Å². The van der Waals surface area contributed by atoms with Gasteiger partial charge in [-0.05, 0) is 23.6 Å². The lowest BCUT2D eigenvalue weighted by Gasteiger charge is -2.19. The van der Waals surface area contributed by atoms with Crippen LogP contribution in [0, 0.1) is 0 Å². The van der Waals surface area contributed by atoms with E-state index in [1.165, 1.54) is 6.08 Å². The third-order valence-corrected chi connectivity index (χ3v) is 2.75. The molecular formula is C11H10Cl3NO. The summed E-state index contributed by atoms with van der Waals surface area (Å²) in [5, 5.41) is 0. The third-order valence-electron chi connectivity index (χ3n) is 2.14. The van der Waals surface area contributed by atoms with Gasteiger partial charge in [0.15, 0.2) is 0 Å². The van der Waals surface area contributed by atoms with Crippen LogP contribution in [0.3, 0.4) is 0 Å². The van der Waals surface area contributed by atoms with Crippen molar-refractivity contribution in [3.05, 3.63) is 29.3 Å². The number of nitrogens with zero attached hydrogens (tertiary/aromatic N) is 1. The van der Waals surface area contributed by atoms with Crippen LogP contribution in [0.15, 0.2) is 23.2 Å². The Morgan fingerprint density at radius 3 is 2.38 bits per heavy atom. The summed E-state index contributed by atoms with van der Waals surface area (Å²) in [5.74, 6) is 0.174. The number of hydrogen-bond donors (Lipinski definition) is 0. The molecule has 0 fully saturated rings. The highest BCUT2D eigenvalue weighted by molar-refractivity contribution is 6.66. The summed E-state index contributed by atoms with van der Waals surface area (Å²) >= 11 is 17.6. The van der Waals surface area contributed by atoms with Crippen LogP contribution in [-0.2, 0) is 8.59 Å². The van der Waals surface area contributed by atoms with Crippen molar-refractivity contribution in [2.45, 2.75) is 23.6 Å². The van der Waals surface area contributed by atoms with E-state index in [0.717, 1.165) is 5.56 Å². The van der Waals surface area contributed by atoms with E-state index >= 15 is 0 Å². The molecule has 0 atom stereocenters. The Morgan fingerprint density at radius 2 is 1.94 bits per heavy atom. The van der Waals surface area contributed by atoms with Crippen LogP contribution in [0.5, 0.6) is 0 Å². The predicted octanol–water partition coefficient (Wildman–Crippen LogP) is 4.60. The maximum absolute atomic E-state index is 10.2. The number of halogens is 3. The van der Waals surface area contributed by atoms with Gasteiger partial charge in [0.25, 0.3) is 0 Å². The normalized spacial score (nSPS) is 11.4. The quantitative estimate of drug-likeness (QED) is 0.441. The first-order valence-electron chi connectivity index (χ1n) is 4.65. The fraction of sp³-hybridized carbons (Fsp3) is 0.364. The number of rotatable bonds is 2. The lowest BCUT2D eigenvalue weighted by atomic mass is 9.97. The summed E-state index contributed by atoms with van der Waals surface area (Å²) in [6, 6.07) is 5.01. The SMILES string of the molecule is CC(C)c1cc(N=C=O)ccc1C(Cl)(Cl)Cl. The van der Waals surface area contributed by atoms with Gasteiger partial charge in [-0.2, -0.15) is 4.99 Å². The average molecular weight is 279 g/mol. The van der Waals surface area contributed by atoms with Crippen LogP contribution in [0.2, 0.25) is 0 Å². The molecule has 1 rings (SSSR count). The zero-order valence-electron chi connectivity index (χ0n) is 8.80. The molecule has 16 heavy (non-hydrogen) atoms. The molecule has 0 aromatic heterocycles. The zero-order valence-corrected chi connectivity index (χ0v) is 11.1. The molecule has 1 aromatic rings. The average Bonchev–Trinajstić information content (AvgIpc) is 2.16. The molecule has 0 amide bonds. The van der Waals surface area contributed by atoms with E-state index < -0.39 is 3.79 Å². The van der Waals surface area contributed by atoms with E-state index in [4.69, 9.17) is 34.8 Å². The molecule has 2 nitrogen and oxygen atoms in total. The lowest BCUT2D eigenvalue weighted by molar-refractivity contribution is 0.565. The number of isocyanates is 1. The fourth-order valence-corrected chi connectivity index (χ4v) is 1.92. The van der Waals surface area contributed by atoms with Crippen LogP contribution < -0.4 is 0 Å². The topological polar surface area (TPSA) is 29.4 Å². The second-order valence-corrected chi connectivity index (χ2v) is 5.91. The first-order valence-corrected chi connectivity index (χ1v) is 5.78. The zero-order chi connectivity index (χ0) is 12.3. The standard InChI is InChI=1S/C11H10Cl3NO/c1-7(2)9-5-8(15-6-16)3-4-10(9)11(12,13)14/h3-5,7H,1-2H3. The molecule has 0 saturated carbocycles. The van der Waals surface area contributed by atoms with Crippen LogP contribution >= 0.6 is 34.8 Å². The Morgan fingerprint density at radius 1 is 1.31 bits per heavy atom. The Hall–Kier alpha value is -0.530. The lowest BCUT2D eigenvalue weighted by Crippen LogP contribution is -2.06. The highest BCUT2D eigenvalue weighted by Crippen LogP contribution is 2.42. The minimum Gasteiger partial charge on any atom is -0.211 e. The molecule has 0 saturated heterocycles. The monoisotopic (exact) mass is 277 g/mol. The summed E-state index contributed by atoms with van der Waals surface area (Å²) < 4.78 is -1.47. The summed E-state index contributed by atoms with van der Waals surface area (Å²) in [4.78, 5) is 13.7. The van der Waals surface area contributed by atoms with Gasteiger partial charge in [0, 0.05) is 5.56 Å². The Kier molecular flexibility index (Phi) is 4.40. The molecule has 0 aliphatic rings. The van der Waals surface area contributed by atoms with Gasteiger partial charge in [0.2, 0.25) is 9.87 Å². The van der Waals surface area contributed by atoms with Crippen molar-refractivity contribution in [1.82, 2.24) is 0 Å². The van der Waals surface area contributed by atoms with Gasteiger partial charge in [0.05, 0.1) is 5.69 Å². The number of alkyl halides is 3. The molecule has 1 aromatic carbocycles.